The number of rotatable bonds is 6. The minimum Gasteiger partial charge on any atom is -0.465 e. The van der Waals surface area contributed by atoms with Crippen LogP contribution in [0.4, 0.5) is 0 Å². The van der Waals surface area contributed by atoms with Crippen LogP contribution in [-0.2, 0) is 29.8 Å². The van der Waals surface area contributed by atoms with E-state index in [4.69, 9.17) is 18.9 Å². The van der Waals surface area contributed by atoms with Crippen LogP contribution in [0.2, 0.25) is 0 Å². The molecule has 2 aromatic rings. The van der Waals surface area contributed by atoms with Crippen LogP contribution in [0.15, 0.2) is 36.4 Å². The molecule has 8 heteroatoms. The zero-order valence-corrected chi connectivity index (χ0v) is 22.1. The summed E-state index contributed by atoms with van der Waals surface area (Å²) in [6.45, 7) is 0. The highest BCUT2D eigenvalue weighted by Gasteiger charge is 2.58. The van der Waals surface area contributed by atoms with E-state index in [1.54, 1.807) is 24.3 Å². The molecule has 4 aliphatic rings. The summed E-state index contributed by atoms with van der Waals surface area (Å²) in [5.74, 6) is -1.35. The van der Waals surface area contributed by atoms with Gasteiger partial charge in [0.1, 0.15) is 0 Å². The molecule has 0 radical (unpaired) electrons. The summed E-state index contributed by atoms with van der Waals surface area (Å²) in [7, 11) is 5.17. The Balaban J connectivity index is 1.60. The Bertz CT molecular complexity index is 1210. The zero-order valence-electron chi connectivity index (χ0n) is 22.1. The molecule has 4 fully saturated rings. The van der Waals surface area contributed by atoms with Crippen LogP contribution in [0.5, 0.6) is 0 Å². The van der Waals surface area contributed by atoms with E-state index >= 15 is 0 Å². The van der Waals surface area contributed by atoms with Crippen molar-refractivity contribution in [3.8, 4) is 0 Å². The molecule has 0 aromatic heterocycles. The number of methoxy groups -OCH3 is 4. The normalized spacial score (nSPS) is 26.9. The van der Waals surface area contributed by atoms with Crippen molar-refractivity contribution in [2.24, 2.45) is 11.8 Å². The fourth-order valence-electron chi connectivity index (χ4n) is 7.82. The van der Waals surface area contributed by atoms with E-state index in [0.717, 1.165) is 49.7 Å². The highest BCUT2D eigenvalue weighted by molar-refractivity contribution is 6.04. The van der Waals surface area contributed by atoms with Crippen LogP contribution in [0.1, 0.15) is 91.1 Å². The first kappa shape index (κ1) is 25.9. The number of carbonyl (C=O) groups is 4. The van der Waals surface area contributed by atoms with Crippen molar-refractivity contribution in [2.75, 3.05) is 28.4 Å². The van der Waals surface area contributed by atoms with E-state index in [1.807, 2.05) is 12.1 Å². The molecule has 0 atom stereocenters. The van der Waals surface area contributed by atoms with Gasteiger partial charge in [-0.25, -0.2) is 19.2 Å². The molecule has 0 saturated heterocycles. The van der Waals surface area contributed by atoms with E-state index in [2.05, 4.69) is 0 Å². The molecule has 38 heavy (non-hydrogen) atoms. The van der Waals surface area contributed by atoms with Gasteiger partial charge in [0.15, 0.2) is 0 Å². The molecular formula is C30H32O8. The molecule has 200 valence electrons. The summed E-state index contributed by atoms with van der Waals surface area (Å²) in [5, 5.41) is 0. The maximum Gasteiger partial charge on any atom is 0.338 e. The minimum absolute atomic E-state index is 0.184. The predicted molar refractivity (Wildman–Crippen MR) is 136 cm³/mol. The van der Waals surface area contributed by atoms with Crippen molar-refractivity contribution >= 4 is 23.9 Å². The molecule has 6 rings (SSSR count). The van der Waals surface area contributed by atoms with Crippen LogP contribution in [-0.4, -0.2) is 52.3 Å². The largest absolute Gasteiger partial charge is 0.465 e. The van der Waals surface area contributed by atoms with E-state index in [9.17, 15) is 19.2 Å². The minimum atomic E-state index is -0.583. The van der Waals surface area contributed by atoms with Crippen molar-refractivity contribution in [3.05, 3.63) is 69.8 Å². The highest BCUT2D eigenvalue weighted by atomic mass is 16.5. The Labute approximate surface area is 221 Å². The van der Waals surface area contributed by atoms with Gasteiger partial charge in [0, 0.05) is 0 Å². The molecular weight excluding hydrogens is 488 g/mol. The van der Waals surface area contributed by atoms with Crippen molar-refractivity contribution in [2.45, 2.75) is 49.4 Å². The van der Waals surface area contributed by atoms with Gasteiger partial charge < -0.3 is 18.9 Å². The van der Waals surface area contributed by atoms with Gasteiger partial charge in [-0.15, -0.1) is 0 Å². The highest BCUT2D eigenvalue weighted by Crippen LogP contribution is 2.66. The van der Waals surface area contributed by atoms with Gasteiger partial charge in [0.25, 0.3) is 0 Å². The van der Waals surface area contributed by atoms with Crippen LogP contribution >= 0.6 is 0 Å². The number of hydrogen-bond donors (Lipinski definition) is 0. The Morgan fingerprint density at radius 2 is 0.921 bits per heavy atom. The third kappa shape index (κ3) is 4.06. The summed E-state index contributed by atoms with van der Waals surface area (Å²) in [5.41, 5.74) is 2.44. The van der Waals surface area contributed by atoms with E-state index in [-0.39, 0.29) is 33.1 Å². The lowest BCUT2D eigenvalue weighted by Gasteiger charge is -2.63. The first-order valence-corrected chi connectivity index (χ1v) is 12.8. The summed E-state index contributed by atoms with van der Waals surface area (Å²) in [4.78, 5) is 50.0. The number of benzene rings is 2. The van der Waals surface area contributed by atoms with Crippen molar-refractivity contribution in [1.82, 2.24) is 0 Å². The van der Waals surface area contributed by atoms with Gasteiger partial charge in [0.2, 0.25) is 0 Å². The smallest absolute Gasteiger partial charge is 0.338 e. The van der Waals surface area contributed by atoms with Crippen LogP contribution < -0.4 is 0 Å². The van der Waals surface area contributed by atoms with E-state index in [0.29, 0.717) is 11.8 Å². The average Bonchev–Trinajstić information content (AvgIpc) is 2.94. The van der Waals surface area contributed by atoms with Gasteiger partial charge in [0.05, 0.1) is 50.7 Å². The summed E-state index contributed by atoms with van der Waals surface area (Å²) >= 11 is 0. The van der Waals surface area contributed by atoms with Crippen LogP contribution in [0.3, 0.4) is 0 Å². The van der Waals surface area contributed by atoms with Crippen molar-refractivity contribution in [1.29, 1.82) is 0 Å². The molecule has 4 aliphatic carbocycles. The number of esters is 4. The number of ether oxygens (including phenoxy) is 4. The standard InChI is InChI=1S/C30H32O8/c1-35-25(31)21-7-5-19(10-23(21)27(33)37-3)29-12-17-9-18(13-29)15-30(14-17,16-29)20-6-8-22(26(32)36-2)24(11-20)28(34)38-4/h5-8,10-11,17-18H,9,12-16H2,1-4H3. The van der Waals surface area contributed by atoms with Crippen LogP contribution in [0.25, 0.3) is 0 Å². The predicted octanol–water partition coefficient (Wildman–Crippen LogP) is 4.62. The fraction of sp³-hybridized carbons (Fsp3) is 0.467. The number of carbonyl (C=O) groups excluding carboxylic acids is 4. The van der Waals surface area contributed by atoms with Gasteiger partial charge in [-0.05, 0) is 96.6 Å². The Hall–Kier alpha value is -3.68. The second-order valence-corrected chi connectivity index (χ2v) is 11.0. The maximum atomic E-state index is 12.6. The molecule has 2 aromatic carbocycles. The molecule has 4 bridgehead atoms. The first-order valence-electron chi connectivity index (χ1n) is 12.8. The second-order valence-electron chi connectivity index (χ2n) is 11.0. The first-order chi connectivity index (χ1) is 18.2. The quantitative estimate of drug-likeness (QED) is 0.401. The lowest BCUT2D eigenvalue weighted by Crippen LogP contribution is -2.56. The third-order valence-electron chi connectivity index (χ3n) is 8.95. The van der Waals surface area contributed by atoms with E-state index in [1.165, 1.54) is 28.4 Å². The maximum absolute atomic E-state index is 12.6. The lowest BCUT2D eigenvalue weighted by molar-refractivity contribution is -0.0282. The molecule has 0 N–H and O–H groups in total. The second kappa shape index (κ2) is 9.57. The molecule has 0 heterocycles. The SMILES string of the molecule is COC(=O)c1ccc(C23CC4CC(C2)CC(c2ccc(C(=O)OC)c(C(=O)OC)c2)(C4)C3)cc1C(=O)OC. The van der Waals surface area contributed by atoms with Crippen molar-refractivity contribution < 1.29 is 38.1 Å². The van der Waals surface area contributed by atoms with Gasteiger partial charge >= 0.3 is 23.9 Å². The summed E-state index contributed by atoms with van der Waals surface area (Å²) in [6.07, 6.45) is 5.96. The van der Waals surface area contributed by atoms with Crippen LogP contribution in [0, 0.1) is 11.8 Å². The Morgan fingerprint density at radius 1 is 0.579 bits per heavy atom. The molecule has 0 spiro atoms. The van der Waals surface area contributed by atoms with E-state index < -0.39 is 23.9 Å². The molecule has 0 unspecified atom stereocenters. The van der Waals surface area contributed by atoms with Gasteiger partial charge in [-0.1, -0.05) is 12.1 Å². The summed E-state index contributed by atoms with van der Waals surface area (Å²) in [6, 6.07) is 10.8. The summed E-state index contributed by atoms with van der Waals surface area (Å²) < 4.78 is 19.8. The Morgan fingerprint density at radius 3 is 1.26 bits per heavy atom. The van der Waals surface area contributed by atoms with Gasteiger partial charge in [-0.3, -0.25) is 0 Å². The molecule has 0 aliphatic heterocycles. The number of hydrogen-bond acceptors (Lipinski definition) is 8. The molecule has 0 amide bonds. The molecule has 4 saturated carbocycles. The zero-order chi connectivity index (χ0) is 27.2. The monoisotopic (exact) mass is 520 g/mol. The third-order valence-corrected chi connectivity index (χ3v) is 8.95. The average molecular weight is 521 g/mol. The fourth-order valence-corrected chi connectivity index (χ4v) is 7.82. The lowest BCUT2D eigenvalue weighted by atomic mass is 9.41. The van der Waals surface area contributed by atoms with Gasteiger partial charge in [-0.2, -0.15) is 0 Å². The van der Waals surface area contributed by atoms with Crippen molar-refractivity contribution in [3.63, 3.8) is 0 Å². The molecule has 8 nitrogen and oxygen atoms in total. The Kier molecular flexibility index (Phi) is 6.53. The topological polar surface area (TPSA) is 105 Å².